The van der Waals surface area contributed by atoms with E-state index in [1.165, 1.54) is 0 Å². The molecule has 2 heterocycles. The first-order chi connectivity index (χ1) is 16.8. The van der Waals surface area contributed by atoms with E-state index in [0.29, 0.717) is 5.82 Å². The molecule has 0 atom stereocenters. The van der Waals surface area contributed by atoms with Gasteiger partial charge >= 0.3 is 0 Å². The molecule has 0 fully saturated rings. The maximum atomic E-state index is 5.53. The highest BCUT2D eigenvalue weighted by molar-refractivity contribution is 6.01. The summed E-state index contributed by atoms with van der Waals surface area (Å²) in [5.41, 5.74) is 5.61. The second-order valence-corrected chi connectivity index (χ2v) is 7.92. The van der Waals surface area contributed by atoms with Crippen molar-refractivity contribution in [3.05, 3.63) is 103 Å². The lowest BCUT2D eigenvalue weighted by Gasteiger charge is -2.12. The molecule has 0 bridgehead atoms. The highest BCUT2D eigenvalue weighted by atomic mass is 16.5. The third kappa shape index (κ3) is 3.42. The van der Waals surface area contributed by atoms with Gasteiger partial charge in [0.15, 0.2) is 5.82 Å². The average Bonchev–Trinajstić information content (AvgIpc) is 3.32. The van der Waals surface area contributed by atoms with Crippen molar-refractivity contribution in [2.75, 3.05) is 12.4 Å². The van der Waals surface area contributed by atoms with Crippen LogP contribution in [0.1, 0.15) is 0 Å². The Morgan fingerprint density at radius 3 is 2.38 bits per heavy atom. The minimum absolute atomic E-state index is 0.707. The van der Waals surface area contributed by atoms with Crippen molar-refractivity contribution in [3.8, 4) is 22.7 Å². The molecule has 0 aliphatic heterocycles. The van der Waals surface area contributed by atoms with Gasteiger partial charge in [0.25, 0.3) is 0 Å². The molecule has 0 aliphatic rings. The third-order valence-corrected chi connectivity index (χ3v) is 5.89. The Balaban J connectivity index is 1.39. The Hall–Kier alpha value is -4.71. The zero-order chi connectivity index (χ0) is 22.9. The summed E-state index contributed by atoms with van der Waals surface area (Å²) in [4.78, 5) is 4.62. The van der Waals surface area contributed by atoms with Gasteiger partial charge in [-0.15, -0.1) is 10.2 Å². The van der Waals surface area contributed by atoms with Crippen LogP contribution in [0, 0.1) is 0 Å². The molecule has 6 nitrogen and oxygen atoms in total. The van der Waals surface area contributed by atoms with E-state index >= 15 is 0 Å². The second kappa shape index (κ2) is 8.33. The summed E-state index contributed by atoms with van der Waals surface area (Å²) in [6.45, 7) is 0. The number of methoxy groups -OCH3 is 1. The summed E-state index contributed by atoms with van der Waals surface area (Å²) >= 11 is 0. The van der Waals surface area contributed by atoms with Crippen LogP contribution in [0.2, 0.25) is 0 Å². The van der Waals surface area contributed by atoms with E-state index in [1.807, 2.05) is 83.7 Å². The quantitative estimate of drug-likeness (QED) is 0.335. The molecule has 4 aromatic carbocycles. The maximum Gasteiger partial charge on any atom is 0.161 e. The highest BCUT2D eigenvalue weighted by Gasteiger charge is 2.13. The Kier molecular flexibility index (Phi) is 4.88. The predicted molar refractivity (Wildman–Crippen MR) is 136 cm³/mol. The van der Waals surface area contributed by atoms with E-state index in [1.54, 1.807) is 7.11 Å². The molecule has 164 valence electrons. The van der Waals surface area contributed by atoms with Crippen LogP contribution in [-0.4, -0.2) is 26.9 Å². The molecule has 2 aromatic heterocycles. The molecule has 1 N–H and O–H groups in total. The van der Waals surface area contributed by atoms with Gasteiger partial charge in [0, 0.05) is 22.0 Å². The van der Waals surface area contributed by atoms with Gasteiger partial charge < -0.3 is 10.1 Å². The van der Waals surface area contributed by atoms with Gasteiger partial charge in [-0.1, -0.05) is 66.7 Å². The van der Waals surface area contributed by atoms with Crippen molar-refractivity contribution in [1.29, 1.82) is 0 Å². The lowest BCUT2D eigenvalue weighted by molar-refractivity contribution is 0.413. The molecule has 0 amide bonds. The molecular formula is C28H21N5O. The van der Waals surface area contributed by atoms with E-state index in [0.717, 1.165) is 50.2 Å². The maximum absolute atomic E-state index is 5.53. The Morgan fingerprint density at radius 1 is 0.765 bits per heavy atom. The van der Waals surface area contributed by atoms with Crippen LogP contribution < -0.4 is 10.1 Å². The number of anilines is 2. The van der Waals surface area contributed by atoms with Crippen LogP contribution in [0.3, 0.4) is 0 Å². The van der Waals surface area contributed by atoms with Crippen molar-refractivity contribution in [2.45, 2.75) is 0 Å². The largest absolute Gasteiger partial charge is 0.495 e. The number of fused-ring (bicyclic) bond motifs is 2. The smallest absolute Gasteiger partial charge is 0.161 e. The topological polar surface area (TPSA) is 64.9 Å². The summed E-state index contributed by atoms with van der Waals surface area (Å²) < 4.78 is 7.56. The molecule has 0 spiro atoms. The Labute approximate surface area is 196 Å². The first kappa shape index (κ1) is 19.9. The first-order valence-electron chi connectivity index (χ1n) is 11.0. The van der Waals surface area contributed by atoms with Crippen LogP contribution in [0.25, 0.3) is 38.8 Å². The lowest BCUT2D eigenvalue weighted by atomic mass is 10.0. The number of imidazole rings is 1. The van der Waals surface area contributed by atoms with Crippen LogP contribution >= 0.6 is 0 Å². The number of aromatic nitrogens is 4. The lowest BCUT2D eigenvalue weighted by Crippen LogP contribution is -1.99. The van der Waals surface area contributed by atoms with E-state index in [2.05, 4.69) is 44.8 Å². The van der Waals surface area contributed by atoms with Crippen molar-refractivity contribution < 1.29 is 4.74 Å². The van der Waals surface area contributed by atoms with Gasteiger partial charge in [-0.25, -0.2) is 4.98 Å². The van der Waals surface area contributed by atoms with Crippen LogP contribution in [-0.2, 0) is 0 Å². The summed E-state index contributed by atoms with van der Waals surface area (Å²) in [5, 5.41) is 14.6. The van der Waals surface area contributed by atoms with Crippen LogP contribution in [0.15, 0.2) is 103 Å². The fourth-order valence-electron chi connectivity index (χ4n) is 4.25. The highest BCUT2D eigenvalue weighted by Crippen LogP contribution is 2.32. The number of nitrogens with zero attached hydrogens (tertiary/aromatic N) is 4. The van der Waals surface area contributed by atoms with Gasteiger partial charge in [0.05, 0.1) is 23.8 Å². The zero-order valence-electron chi connectivity index (χ0n) is 18.5. The molecule has 34 heavy (non-hydrogen) atoms. The van der Waals surface area contributed by atoms with E-state index in [9.17, 15) is 0 Å². The van der Waals surface area contributed by atoms with E-state index in [-0.39, 0.29) is 0 Å². The number of hydrogen-bond donors (Lipinski definition) is 1. The molecular weight excluding hydrogens is 422 g/mol. The molecule has 0 saturated heterocycles. The number of benzene rings is 4. The summed E-state index contributed by atoms with van der Waals surface area (Å²) in [6, 6.07) is 32.3. The zero-order valence-corrected chi connectivity index (χ0v) is 18.5. The van der Waals surface area contributed by atoms with Gasteiger partial charge in [0.2, 0.25) is 0 Å². The molecule has 6 rings (SSSR count). The molecule has 0 saturated carbocycles. The predicted octanol–water partition coefficient (Wildman–Crippen LogP) is 6.39. The summed E-state index contributed by atoms with van der Waals surface area (Å²) in [7, 11) is 1.68. The molecule has 0 aliphatic carbocycles. The Morgan fingerprint density at radius 2 is 1.53 bits per heavy atom. The van der Waals surface area contributed by atoms with Crippen molar-refractivity contribution in [1.82, 2.24) is 19.7 Å². The number of nitrogens with one attached hydrogen (secondary N) is 1. The van der Waals surface area contributed by atoms with E-state index in [4.69, 9.17) is 4.74 Å². The Bertz CT molecular complexity index is 1630. The van der Waals surface area contributed by atoms with Gasteiger partial charge in [-0.2, -0.15) is 0 Å². The minimum Gasteiger partial charge on any atom is -0.495 e. The van der Waals surface area contributed by atoms with Gasteiger partial charge in [-0.05, 0) is 30.3 Å². The monoisotopic (exact) mass is 443 g/mol. The fourth-order valence-corrected chi connectivity index (χ4v) is 4.25. The molecule has 0 radical (unpaired) electrons. The van der Waals surface area contributed by atoms with Crippen molar-refractivity contribution >= 4 is 33.3 Å². The van der Waals surface area contributed by atoms with Crippen LogP contribution in [0.4, 0.5) is 11.5 Å². The normalized spacial score (nSPS) is 11.1. The first-order valence-corrected chi connectivity index (χ1v) is 11.0. The minimum atomic E-state index is 0.707. The third-order valence-electron chi connectivity index (χ3n) is 5.89. The van der Waals surface area contributed by atoms with Crippen molar-refractivity contribution in [2.24, 2.45) is 0 Å². The number of hydrogen-bond acceptors (Lipinski definition) is 5. The molecule has 6 heteroatoms. The van der Waals surface area contributed by atoms with Crippen molar-refractivity contribution in [3.63, 3.8) is 0 Å². The second-order valence-electron chi connectivity index (χ2n) is 7.92. The number of para-hydroxylation sites is 2. The fraction of sp³-hybridized carbons (Fsp3) is 0.0357. The number of rotatable bonds is 5. The van der Waals surface area contributed by atoms with Gasteiger partial charge in [0.1, 0.15) is 17.8 Å². The van der Waals surface area contributed by atoms with E-state index < -0.39 is 0 Å². The summed E-state index contributed by atoms with van der Waals surface area (Å²) in [6.07, 6.45) is 1.82. The molecule has 0 unspecified atom stereocenters. The average molecular weight is 444 g/mol. The number of ether oxygens (including phenoxy) is 1. The van der Waals surface area contributed by atoms with Gasteiger partial charge in [-0.3, -0.25) is 4.57 Å². The summed E-state index contributed by atoms with van der Waals surface area (Å²) in [5.74, 6) is 1.50. The molecule has 6 aromatic rings. The van der Waals surface area contributed by atoms with Crippen LogP contribution in [0.5, 0.6) is 5.75 Å². The standard InChI is InChI=1S/C28H21N5O/c1-34-26-14-8-7-13-25(26)33-18-29-23-17-20(15-16-24(23)33)30-28-22-12-6-5-11-21(22)27(31-32-28)19-9-3-2-4-10-19/h2-18H,1H3,(H,30,32). The SMILES string of the molecule is COc1ccccc1-n1cnc2cc(Nc3nnc(-c4ccccc4)c4ccccc34)ccc21.